The van der Waals surface area contributed by atoms with Crippen LogP contribution in [-0.2, 0) is 0 Å². The Morgan fingerprint density at radius 1 is 1.00 bits per heavy atom. The SMILES string of the molecule is O=C(NC1(CC2CC2)CCN(C(=O)c2ccncc2)CC1)c1ccccc1. The Hall–Kier alpha value is -2.69. The Morgan fingerprint density at radius 2 is 1.67 bits per heavy atom. The molecule has 2 aliphatic rings. The van der Waals surface area contributed by atoms with Crippen LogP contribution in [0.15, 0.2) is 54.9 Å². The first kappa shape index (κ1) is 17.7. The smallest absolute Gasteiger partial charge is 0.253 e. The Kier molecular flexibility index (Phi) is 4.92. The molecule has 0 radical (unpaired) electrons. The van der Waals surface area contributed by atoms with Crippen molar-refractivity contribution in [3.63, 3.8) is 0 Å². The molecule has 0 atom stereocenters. The quantitative estimate of drug-likeness (QED) is 0.887. The number of hydrogen-bond donors (Lipinski definition) is 1. The van der Waals surface area contributed by atoms with Crippen LogP contribution in [0.4, 0.5) is 0 Å². The zero-order valence-electron chi connectivity index (χ0n) is 15.4. The maximum absolute atomic E-state index is 12.8. The summed E-state index contributed by atoms with van der Waals surface area (Å²) in [4.78, 5) is 31.3. The van der Waals surface area contributed by atoms with Gasteiger partial charge in [0, 0.05) is 42.1 Å². The van der Waals surface area contributed by atoms with Crippen LogP contribution in [0.25, 0.3) is 0 Å². The number of likely N-dealkylation sites (tertiary alicyclic amines) is 1. The van der Waals surface area contributed by atoms with Crippen molar-refractivity contribution in [3.8, 4) is 0 Å². The van der Waals surface area contributed by atoms with E-state index in [0.29, 0.717) is 30.1 Å². The molecule has 1 aromatic carbocycles. The van der Waals surface area contributed by atoms with Gasteiger partial charge in [-0.25, -0.2) is 0 Å². The monoisotopic (exact) mass is 363 g/mol. The number of rotatable bonds is 5. The fourth-order valence-corrected chi connectivity index (χ4v) is 3.97. The first-order chi connectivity index (χ1) is 13.2. The van der Waals surface area contributed by atoms with Gasteiger partial charge in [-0.05, 0) is 49.4 Å². The number of pyridine rings is 1. The van der Waals surface area contributed by atoms with Gasteiger partial charge < -0.3 is 10.2 Å². The summed E-state index contributed by atoms with van der Waals surface area (Å²) in [7, 11) is 0. The van der Waals surface area contributed by atoms with E-state index in [2.05, 4.69) is 10.3 Å². The number of amides is 2. The van der Waals surface area contributed by atoms with Gasteiger partial charge in [0.05, 0.1) is 0 Å². The Morgan fingerprint density at radius 3 is 2.30 bits per heavy atom. The molecule has 140 valence electrons. The fraction of sp³-hybridized carbons (Fsp3) is 0.409. The third kappa shape index (κ3) is 4.18. The van der Waals surface area contributed by atoms with Crippen LogP contribution in [0.2, 0.25) is 0 Å². The van der Waals surface area contributed by atoms with Gasteiger partial charge in [0.25, 0.3) is 11.8 Å². The van der Waals surface area contributed by atoms with E-state index in [-0.39, 0.29) is 17.4 Å². The van der Waals surface area contributed by atoms with Crippen molar-refractivity contribution >= 4 is 11.8 Å². The van der Waals surface area contributed by atoms with Gasteiger partial charge in [-0.2, -0.15) is 0 Å². The van der Waals surface area contributed by atoms with Crippen molar-refractivity contribution in [2.24, 2.45) is 5.92 Å². The number of carbonyl (C=O) groups is 2. The molecule has 27 heavy (non-hydrogen) atoms. The number of nitrogens with one attached hydrogen (secondary N) is 1. The second kappa shape index (κ2) is 7.51. The molecule has 2 amide bonds. The molecule has 1 saturated carbocycles. The molecule has 0 unspecified atom stereocenters. The summed E-state index contributed by atoms with van der Waals surface area (Å²) in [6.07, 6.45) is 8.43. The largest absolute Gasteiger partial charge is 0.346 e. The molecular weight excluding hydrogens is 338 g/mol. The third-order valence-corrected chi connectivity index (χ3v) is 5.73. The van der Waals surface area contributed by atoms with Gasteiger partial charge >= 0.3 is 0 Å². The molecule has 5 nitrogen and oxygen atoms in total. The lowest BCUT2D eigenvalue weighted by Crippen LogP contribution is -2.56. The number of nitrogens with zero attached hydrogens (tertiary/aromatic N) is 2. The van der Waals surface area contributed by atoms with Crippen LogP contribution in [0.5, 0.6) is 0 Å². The Bertz CT molecular complexity index is 795. The minimum atomic E-state index is -0.205. The molecule has 4 rings (SSSR count). The standard InChI is InChI=1S/C22H25N3O2/c26-20(18-4-2-1-3-5-18)24-22(16-17-6-7-17)10-14-25(15-11-22)21(27)19-8-12-23-13-9-19/h1-5,8-9,12-13,17H,6-7,10-11,14-16H2,(H,24,26). The zero-order chi connectivity index (χ0) is 18.7. The van der Waals surface area contributed by atoms with E-state index in [1.165, 1.54) is 12.8 Å². The summed E-state index contributed by atoms with van der Waals surface area (Å²) in [5.74, 6) is 0.750. The molecule has 5 heteroatoms. The zero-order valence-corrected chi connectivity index (χ0v) is 15.4. The first-order valence-electron chi connectivity index (χ1n) is 9.72. The second-order valence-electron chi connectivity index (χ2n) is 7.78. The minimum absolute atomic E-state index is 0.00911. The highest BCUT2D eigenvalue weighted by molar-refractivity contribution is 5.95. The minimum Gasteiger partial charge on any atom is -0.346 e. The van der Waals surface area contributed by atoms with Crippen LogP contribution in [0.3, 0.4) is 0 Å². The highest BCUT2D eigenvalue weighted by atomic mass is 16.2. The molecule has 1 saturated heterocycles. The summed E-state index contributed by atoms with van der Waals surface area (Å²) in [6.45, 7) is 1.34. The fourth-order valence-electron chi connectivity index (χ4n) is 3.97. The van der Waals surface area contributed by atoms with Gasteiger partial charge in [0.2, 0.25) is 0 Å². The first-order valence-corrected chi connectivity index (χ1v) is 9.72. The topological polar surface area (TPSA) is 62.3 Å². The summed E-state index contributed by atoms with van der Waals surface area (Å²) in [6, 6.07) is 12.9. The second-order valence-corrected chi connectivity index (χ2v) is 7.78. The average molecular weight is 363 g/mol. The van der Waals surface area contributed by atoms with Crippen LogP contribution in [-0.4, -0.2) is 40.3 Å². The van der Waals surface area contributed by atoms with Crippen LogP contribution < -0.4 is 5.32 Å². The predicted octanol–water partition coefficient (Wildman–Crippen LogP) is 3.29. The van der Waals surface area contributed by atoms with Gasteiger partial charge in [-0.3, -0.25) is 14.6 Å². The van der Waals surface area contributed by atoms with Crippen molar-refractivity contribution in [1.82, 2.24) is 15.2 Å². The maximum atomic E-state index is 12.8. The lowest BCUT2D eigenvalue weighted by Gasteiger charge is -2.43. The summed E-state index contributed by atoms with van der Waals surface area (Å²) in [5.41, 5.74) is 1.17. The molecule has 2 heterocycles. The van der Waals surface area contributed by atoms with Gasteiger partial charge in [0.1, 0.15) is 0 Å². The van der Waals surface area contributed by atoms with Crippen molar-refractivity contribution in [3.05, 3.63) is 66.0 Å². The molecular formula is C22H25N3O2. The number of aromatic nitrogens is 1. The Labute approximate surface area is 159 Å². The molecule has 1 aliphatic carbocycles. The van der Waals surface area contributed by atoms with Gasteiger partial charge in [-0.1, -0.05) is 31.0 Å². The number of carbonyl (C=O) groups excluding carboxylic acids is 2. The van der Waals surface area contributed by atoms with E-state index in [1.807, 2.05) is 35.2 Å². The van der Waals surface area contributed by atoms with Crippen molar-refractivity contribution in [2.45, 2.75) is 37.6 Å². The van der Waals surface area contributed by atoms with Crippen molar-refractivity contribution in [1.29, 1.82) is 0 Å². The van der Waals surface area contributed by atoms with Gasteiger partial charge in [-0.15, -0.1) is 0 Å². The highest BCUT2D eigenvalue weighted by Crippen LogP contribution is 2.40. The molecule has 2 aromatic rings. The van der Waals surface area contributed by atoms with Crippen molar-refractivity contribution in [2.75, 3.05) is 13.1 Å². The third-order valence-electron chi connectivity index (χ3n) is 5.73. The molecule has 0 bridgehead atoms. The van der Waals surface area contributed by atoms with E-state index in [4.69, 9.17) is 0 Å². The number of hydrogen-bond acceptors (Lipinski definition) is 3. The van der Waals surface area contributed by atoms with E-state index < -0.39 is 0 Å². The summed E-state index contributed by atoms with van der Waals surface area (Å²) < 4.78 is 0. The van der Waals surface area contributed by atoms with E-state index in [0.717, 1.165) is 19.3 Å². The van der Waals surface area contributed by atoms with Crippen LogP contribution >= 0.6 is 0 Å². The predicted molar refractivity (Wildman–Crippen MR) is 103 cm³/mol. The highest BCUT2D eigenvalue weighted by Gasteiger charge is 2.41. The van der Waals surface area contributed by atoms with E-state index in [1.54, 1.807) is 24.5 Å². The number of benzene rings is 1. The molecule has 1 aromatic heterocycles. The molecule has 2 fully saturated rings. The summed E-state index contributed by atoms with van der Waals surface area (Å²) in [5, 5.41) is 3.33. The van der Waals surface area contributed by atoms with Crippen molar-refractivity contribution < 1.29 is 9.59 Å². The lowest BCUT2D eigenvalue weighted by atomic mass is 9.82. The average Bonchev–Trinajstić information content (AvgIpc) is 3.53. The molecule has 0 spiro atoms. The normalized spacial score (nSPS) is 18.7. The van der Waals surface area contributed by atoms with Crippen LogP contribution in [0.1, 0.15) is 52.8 Å². The van der Waals surface area contributed by atoms with E-state index >= 15 is 0 Å². The Balaban J connectivity index is 1.44. The number of piperidine rings is 1. The van der Waals surface area contributed by atoms with Gasteiger partial charge in [0.15, 0.2) is 0 Å². The summed E-state index contributed by atoms with van der Waals surface area (Å²) >= 11 is 0. The maximum Gasteiger partial charge on any atom is 0.253 e. The van der Waals surface area contributed by atoms with Crippen LogP contribution in [0, 0.1) is 5.92 Å². The molecule has 1 N–H and O–H groups in total. The lowest BCUT2D eigenvalue weighted by molar-refractivity contribution is 0.0600. The van der Waals surface area contributed by atoms with E-state index in [9.17, 15) is 9.59 Å². The molecule has 1 aliphatic heterocycles.